The minimum atomic E-state index is -0.114. The third-order valence-electron chi connectivity index (χ3n) is 4.37. The van der Waals surface area contributed by atoms with Crippen molar-refractivity contribution in [3.05, 3.63) is 30.2 Å². The lowest BCUT2D eigenvalue weighted by molar-refractivity contribution is -0.146. The van der Waals surface area contributed by atoms with E-state index in [0.717, 1.165) is 36.8 Å². The second-order valence-corrected chi connectivity index (χ2v) is 5.83. The highest BCUT2D eigenvalue weighted by Crippen LogP contribution is 2.25. The van der Waals surface area contributed by atoms with Crippen LogP contribution in [0.25, 0.3) is 11.1 Å². The van der Waals surface area contributed by atoms with E-state index in [-0.39, 0.29) is 17.9 Å². The Morgan fingerprint density at radius 2 is 2.14 bits per heavy atom. The lowest BCUT2D eigenvalue weighted by Gasteiger charge is -2.23. The number of rotatable bonds is 4. The van der Waals surface area contributed by atoms with Crippen molar-refractivity contribution < 1.29 is 13.9 Å². The van der Waals surface area contributed by atoms with Crippen LogP contribution in [-0.4, -0.2) is 24.1 Å². The van der Waals surface area contributed by atoms with Crippen LogP contribution in [0.3, 0.4) is 0 Å². The summed E-state index contributed by atoms with van der Waals surface area (Å²) in [4.78, 5) is 16.4. The maximum Gasteiger partial charge on any atom is 0.310 e. The number of methoxy groups -OCH3 is 1. The third kappa shape index (κ3) is 3.30. The Labute approximate surface area is 130 Å². The van der Waals surface area contributed by atoms with Crippen LogP contribution in [0.4, 0.5) is 0 Å². The van der Waals surface area contributed by atoms with Gasteiger partial charge in [0.2, 0.25) is 5.89 Å². The highest BCUT2D eigenvalue weighted by atomic mass is 16.5. The minimum Gasteiger partial charge on any atom is -0.469 e. The van der Waals surface area contributed by atoms with E-state index in [2.05, 4.69) is 10.3 Å². The smallest absolute Gasteiger partial charge is 0.310 e. The number of ether oxygens (including phenoxy) is 1. The minimum absolute atomic E-state index is 0.0723. The summed E-state index contributed by atoms with van der Waals surface area (Å²) >= 11 is 0. The number of oxazole rings is 1. The van der Waals surface area contributed by atoms with Crippen molar-refractivity contribution in [2.75, 3.05) is 7.11 Å². The van der Waals surface area contributed by atoms with Gasteiger partial charge in [0.15, 0.2) is 5.58 Å². The van der Waals surface area contributed by atoms with E-state index < -0.39 is 0 Å². The van der Waals surface area contributed by atoms with Crippen molar-refractivity contribution in [1.82, 2.24) is 10.3 Å². The molecule has 22 heavy (non-hydrogen) atoms. The zero-order chi connectivity index (χ0) is 15.4. The number of carbonyl (C=O) groups is 1. The molecule has 2 atom stereocenters. The fourth-order valence-corrected chi connectivity index (χ4v) is 3.20. The Hall–Kier alpha value is -1.88. The predicted octanol–water partition coefficient (Wildman–Crippen LogP) is 3.04. The van der Waals surface area contributed by atoms with Crippen molar-refractivity contribution in [2.45, 2.75) is 44.7 Å². The standard InChI is InChI=1S/C17H22N2O3/c1-21-17(20)12-7-3-2-4-8-13(12)18-11-16-19-14-9-5-6-10-15(14)22-16/h5-6,9-10,12-13,18H,2-4,7-8,11H2,1H3/t12-,13-/m0/s1. The first-order valence-electron chi connectivity index (χ1n) is 7.93. The van der Waals surface area contributed by atoms with Crippen LogP contribution in [0.2, 0.25) is 0 Å². The van der Waals surface area contributed by atoms with Crippen LogP contribution >= 0.6 is 0 Å². The van der Waals surface area contributed by atoms with Crippen molar-refractivity contribution in [3.63, 3.8) is 0 Å². The van der Waals surface area contributed by atoms with E-state index in [9.17, 15) is 4.79 Å². The van der Waals surface area contributed by atoms with E-state index >= 15 is 0 Å². The average Bonchev–Trinajstić information content (AvgIpc) is 2.82. The molecule has 1 fully saturated rings. The van der Waals surface area contributed by atoms with Gasteiger partial charge in [-0.15, -0.1) is 0 Å². The number of aromatic nitrogens is 1. The first-order chi connectivity index (χ1) is 10.8. The largest absolute Gasteiger partial charge is 0.469 e. The Kier molecular flexibility index (Phi) is 4.73. The van der Waals surface area contributed by atoms with Crippen molar-refractivity contribution in [1.29, 1.82) is 0 Å². The van der Waals surface area contributed by atoms with Gasteiger partial charge in [0.05, 0.1) is 19.6 Å². The maximum absolute atomic E-state index is 12.0. The molecule has 0 spiro atoms. The van der Waals surface area contributed by atoms with Crippen molar-refractivity contribution in [3.8, 4) is 0 Å². The molecule has 1 heterocycles. The van der Waals surface area contributed by atoms with Gasteiger partial charge in [-0.25, -0.2) is 4.98 Å². The van der Waals surface area contributed by atoms with Crippen LogP contribution in [0.5, 0.6) is 0 Å². The Morgan fingerprint density at radius 1 is 1.32 bits per heavy atom. The zero-order valence-electron chi connectivity index (χ0n) is 12.9. The molecule has 0 radical (unpaired) electrons. The summed E-state index contributed by atoms with van der Waals surface area (Å²) in [6.07, 6.45) is 5.27. The first kappa shape index (κ1) is 15.0. The van der Waals surface area contributed by atoms with Crippen LogP contribution in [0, 0.1) is 5.92 Å². The number of esters is 1. The van der Waals surface area contributed by atoms with E-state index in [1.807, 2.05) is 24.3 Å². The third-order valence-corrected chi connectivity index (χ3v) is 4.37. The Morgan fingerprint density at radius 3 is 2.95 bits per heavy atom. The summed E-state index contributed by atoms with van der Waals surface area (Å²) in [6, 6.07) is 7.86. The number of nitrogens with one attached hydrogen (secondary N) is 1. The zero-order valence-corrected chi connectivity index (χ0v) is 12.9. The van der Waals surface area contributed by atoms with Gasteiger partial charge in [-0.05, 0) is 25.0 Å². The summed E-state index contributed by atoms with van der Waals surface area (Å²) in [6.45, 7) is 0.535. The van der Waals surface area contributed by atoms with Crippen LogP contribution in [0.15, 0.2) is 28.7 Å². The number of nitrogens with zero attached hydrogens (tertiary/aromatic N) is 1. The highest BCUT2D eigenvalue weighted by Gasteiger charge is 2.30. The molecule has 5 heteroatoms. The molecule has 0 aliphatic heterocycles. The van der Waals surface area contributed by atoms with Crippen LogP contribution < -0.4 is 5.32 Å². The molecule has 5 nitrogen and oxygen atoms in total. The lowest BCUT2D eigenvalue weighted by Crippen LogP contribution is -2.39. The fraction of sp³-hybridized carbons (Fsp3) is 0.529. The van der Waals surface area contributed by atoms with Gasteiger partial charge in [0, 0.05) is 6.04 Å². The quantitative estimate of drug-likeness (QED) is 0.694. The van der Waals surface area contributed by atoms with Gasteiger partial charge in [0.25, 0.3) is 0 Å². The number of benzene rings is 1. The molecule has 1 N–H and O–H groups in total. The van der Waals surface area contributed by atoms with E-state index in [1.54, 1.807) is 0 Å². The van der Waals surface area contributed by atoms with E-state index in [0.29, 0.717) is 12.4 Å². The Balaban J connectivity index is 1.68. The molecule has 1 aliphatic rings. The van der Waals surface area contributed by atoms with Gasteiger partial charge in [-0.1, -0.05) is 31.4 Å². The number of carbonyl (C=O) groups excluding carboxylic acids is 1. The van der Waals surface area contributed by atoms with E-state index in [4.69, 9.17) is 9.15 Å². The maximum atomic E-state index is 12.0. The predicted molar refractivity (Wildman–Crippen MR) is 83.2 cm³/mol. The second kappa shape index (κ2) is 6.92. The van der Waals surface area contributed by atoms with Gasteiger partial charge in [-0.2, -0.15) is 0 Å². The fourth-order valence-electron chi connectivity index (χ4n) is 3.20. The number of hydrogen-bond donors (Lipinski definition) is 1. The normalized spacial score (nSPS) is 22.4. The molecule has 3 rings (SSSR count). The SMILES string of the molecule is COC(=O)[C@H]1CCCCC[C@@H]1NCc1nc2ccccc2o1. The molecule has 118 valence electrons. The molecule has 1 aliphatic carbocycles. The molecule has 1 aromatic heterocycles. The molecule has 1 aromatic carbocycles. The van der Waals surface area contributed by atoms with Crippen LogP contribution in [-0.2, 0) is 16.1 Å². The molecule has 0 saturated heterocycles. The Bertz CT molecular complexity index is 605. The van der Waals surface area contributed by atoms with Gasteiger partial charge < -0.3 is 14.5 Å². The highest BCUT2D eigenvalue weighted by molar-refractivity contribution is 5.73. The lowest BCUT2D eigenvalue weighted by atomic mass is 9.95. The summed E-state index contributed by atoms with van der Waals surface area (Å²) in [5, 5.41) is 3.45. The van der Waals surface area contributed by atoms with Crippen molar-refractivity contribution >= 4 is 17.1 Å². The molecular weight excluding hydrogens is 280 g/mol. The molecular formula is C17H22N2O3. The number of fused-ring (bicyclic) bond motifs is 1. The molecule has 1 saturated carbocycles. The van der Waals surface area contributed by atoms with Crippen LogP contribution in [0.1, 0.15) is 38.0 Å². The molecule has 2 aromatic rings. The van der Waals surface area contributed by atoms with Gasteiger partial charge in [0.1, 0.15) is 5.52 Å². The summed E-state index contributed by atoms with van der Waals surface area (Å²) in [5.41, 5.74) is 1.66. The van der Waals surface area contributed by atoms with Crippen molar-refractivity contribution in [2.24, 2.45) is 5.92 Å². The number of hydrogen-bond acceptors (Lipinski definition) is 5. The monoisotopic (exact) mass is 302 g/mol. The summed E-state index contributed by atoms with van der Waals surface area (Å²) in [7, 11) is 1.46. The molecule has 0 bridgehead atoms. The van der Waals surface area contributed by atoms with Gasteiger partial charge in [-0.3, -0.25) is 4.79 Å². The summed E-state index contributed by atoms with van der Waals surface area (Å²) in [5.74, 6) is 0.475. The van der Waals surface area contributed by atoms with Gasteiger partial charge >= 0.3 is 5.97 Å². The first-order valence-corrected chi connectivity index (χ1v) is 7.93. The number of para-hydroxylation sites is 2. The second-order valence-electron chi connectivity index (χ2n) is 5.83. The van der Waals surface area contributed by atoms with E-state index in [1.165, 1.54) is 13.5 Å². The topological polar surface area (TPSA) is 64.4 Å². The summed E-state index contributed by atoms with van der Waals surface area (Å²) < 4.78 is 10.7. The molecule has 0 unspecified atom stereocenters. The average molecular weight is 302 g/mol. The molecule has 0 amide bonds.